The van der Waals surface area contributed by atoms with E-state index in [1.165, 1.54) is 13.8 Å². The molecule has 3 aliphatic rings. The number of nitrogens with zero attached hydrogens (tertiary/aromatic N) is 1. The Labute approximate surface area is 183 Å². The third-order valence-corrected chi connectivity index (χ3v) is 8.72. The van der Waals surface area contributed by atoms with Crippen molar-refractivity contribution in [2.24, 2.45) is 0 Å². The van der Waals surface area contributed by atoms with Crippen LogP contribution in [0.25, 0.3) is 0 Å². The number of nitriles is 1. The topological polar surface area (TPSA) is 109 Å². The molecule has 0 aromatic heterocycles. The molecule has 3 rings (SSSR count). The molecule has 1 N–H and O–H groups in total. The minimum atomic E-state index is -3.90. The smallest absolute Gasteiger partial charge is 0.327 e. The van der Waals surface area contributed by atoms with Gasteiger partial charge < -0.3 is 27.9 Å². The lowest BCUT2D eigenvalue weighted by molar-refractivity contribution is -0.0410. The molecule has 172 valence electrons. The van der Waals surface area contributed by atoms with E-state index in [9.17, 15) is 13.7 Å². The number of fused-ring (bicyclic) bond motifs is 2. The summed E-state index contributed by atoms with van der Waals surface area (Å²) < 4.78 is 67.9. The SMILES string of the molecule is C[C@@H]1O[C@@H]2CO[P@](=S)(OCCC#N)O[C@H]3[C@@H](F)[C@H](C)O[C@@H]3COP(O)(=S)O[C@H]2[C@H]1F. The quantitative estimate of drug-likeness (QED) is 0.448. The zero-order chi connectivity index (χ0) is 22.1. The van der Waals surface area contributed by atoms with Crippen molar-refractivity contribution in [2.45, 2.75) is 69.2 Å². The maximum Gasteiger partial charge on any atom is 0.327 e. The molecule has 0 bridgehead atoms. The molecule has 1 unspecified atom stereocenters. The summed E-state index contributed by atoms with van der Waals surface area (Å²) in [4.78, 5) is 10.4. The Morgan fingerprint density at radius 1 is 1.03 bits per heavy atom. The van der Waals surface area contributed by atoms with Gasteiger partial charge >= 0.3 is 13.4 Å². The molecule has 10 atom stereocenters. The van der Waals surface area contributed by atoms with Crippen molar-refractivity contribution in [3.63, 3.8) is 0 Å². The van der Waals surface area contributed by atoms with Crippen LogP contribution in [0, 0.1) is 11.3 Å². The molecule has 0 spiro atoms. The Morgan fingerprint density at radius 2 is 1.57 bits per heavy atom. The second-order valence-electron chi connectivity index (χ2n) is 7.04. The van der Waals surface area contributed by atoms with Gasteiger partial charge in [0.2, 0.25) is 0 Å². The van der Waals surface area contributed by atoms with Crippen molar-refractivity contribution in [3.8, 4) is 6.07 Å². The minimum absolute atomic E-state index is 0.0109. The first-order valence-corrected chi connectivity index (χ1v) is 14.4. The number of rotatable bonds is 3. The van der Waals surface area contributed by atoms with E-state index >= 15 is 0 Å². The molecule has 9 nitrogen and oxygen atoms in total. The Hall–Kier alpha value is 0.330. The number of hydrogen-bond donors (Lipinski definition) is 1. The van der Waals surface area contributed by atoms with E-state index in [4.69, 9.17) is 61.0 Å². The molecule has 0 aromatic carbocycles. The van der Waals surface area contributed by atoms with Gasteiger partial charge in [-0.25, -0.2) is 8.78 Å². The third-order valence-electron chi connectivity index (χ3n) is 4.80. The van der Waals surface area contributed by atoms with Crippen LogP contribution >= 0.6 is 13.4 Å². The molecule has 0 aliphatic carbocycles. The lowest BCUT2D eigenvalue weighted by atomic mass is 10.1. The summed E-state index contributed by atoms with van der Waals surface area (Å²) in [5.74, 6) is 0. The van der Waals surface area contributed by atoms with Gasteiger partial charge in [-0.3, -0.25) is 9.05 Å². The van der Waals surface area contributed by atoms with Gasteiger partial charge in [0.05, 0.1) is 44.5 Å². The molecule has 0 aromatic rings. The van der Waals surface area contributed by atoms with Crippen molar-refractivity contribution in [1.82, 2.24) is 0 Å². The van der Waals surface area contributed by atoms with Crippen LogP contribution in [0.2, 0.25) is 0 Å². The second kappa shape index (κ2) is 10.1. The molecule has 3 fully saturated rings. The standard InChI is InChI=1S/C15H23F2NO8P2S2/c1-8-12(16)14-11(24-8)7-22-28(30,20-5-3-4-18)26-15-10(23-9(2)13(15)17)6-21-27(19,29)25-14/h8-15H,3,5-7H2,1-2H3,(H,19,29)/t8-,9-,10+,11+,12-,13-,14+,15+,27?,28+/m0/s1. The maximum atomic E-state index is 14.7. The molecule has 3 saturated heterocycles. The first-order valence-electron chi connectivity index (χ1n) is 9.24. The lowest BCUT2D eigenvalue weighted by Crippen LogP contribution is -2.37. The third kappa shape index (κ3) is 5.81. The van der Waals surface area contributed by atoms with E-state index in [0.29, 0.717) is 0 Å². The van der Waals surface area contributed by atoms with Crippen molar-refractivity contribution in [1.29, 1.82) is 5.26 Å². The molecule has 3 aliphatic heterocycles. The van der Waals surface area contributed by atoms with Gasteiger partial charge in [0, 0.05) is 0 Å². The van der Waals surface area contributed by atoms with E-state index in [1.54, 1.807) is 0 Å². The normalized spacial score (nSPS) is 50.0. The van der Waals surface area contributed by atoms with Crippen LogP contribution in [0.5, 0.6) is 0 Å². The fourth-order valence-electron chi connectivity index (χ4n) is 3.29. The number of ether oxygens (including phenoxy) is 2. The van der Waals surface area contributed by atoms with E-state index in [2.05, 4.69) is 0 Å². The highest BCUT2D eigenvalue weighted by atomic mass is 32.5. The summed E-state index contributed by atoms with van der Waals surface area (Å²) in [6.07, 6.45) is -9.38. The van der Waals surface area contributed by atoms with Gasteiger partial charge in [-0.05, 0) is 37.5 Å². The number of hydrogen-bond acceptors (Lipinski definition) is 10. The Kier molecular flexibility index (Phi) is 8.39. The average molecular weight is 509 g/mol. The van der Waals surface area contributed by atoms with Gasteiger partial charge in [0.15, 0.2) is 12.3 Å². The summed E-state index contributed by atoms with van der Waals surface area (Å²) in [6.45, 7) is -5.28. The fraction of sp³-hybridized carbons (Fsp3) is 0.933. The van der Waals surface area contributed by atoms with Gasteiger partial charge in [-0.1, -0.05) is 0 Å². The van der Waals surface area contributed by atoms with Crippen LogP contribution in [0.4, 0.5) is 8.78 Å². The number of halogens is 2. The van der Waals surface area contributed by atoms with Crippen molar-refractivity contribution in [2.75, 3.05) is 19.8 Å². The highest BCUT2D eigenvalue weighted by molar-refractivity contribution is 8.07. The highest BCUT2D eigenvalue weighted by Gasteiger charge is 2.51. The summed E-state index contributed by atoms with van der Waals surface area (Å²) in [5, 5.41) is 8.75. The first-order chi connectivity index (χ1) is 14.1. The van der Waals surface area contributed by atoms with Crippen LogP contribution < -0.4 is 0 Å². The fourth-order valence-corrected chi connectivity index (χ4v) is 6.82. The average Bonchev–Trinajstić information content (AvgIpc) is 3.09. The van der Waals surface area contributed by atoms with Crippen LogP contribution in [0.1, 0.15) is 20.3 Å². The highest BCUT2D eigenvalue weighted by Crippen LogP contribution is 2.55. The van der Waals surface area contributed by atoms with Crippen molar-refractivity contribution < 1.29 is 45.8 Å². The van der Waals surface area contributed by atoms with Crippen LogP contribution in [0.3, 0.4) is 0 Å². The molecule has 15 heteroatoms. The molecular weight excluding hydrogens is 486 g/mol. The molecule has 0 radical (unpaired) electrons. The lowest BCUT2D eigenvalue weighted by Gasteiger charge is -2.31. The van der Waals surface area contributed by atoms with Crippen molar-refractivity contribution in [3.05, 3.63) is 0 Å². The molecular formula is C15H23F2NO8P2S2. The Balaban J connectivity index is 1.87. The molecule has 30 heavy (non-hydrogen) atoms. The number of alkyl halides is 2. The van der Waals surface area contributed by atoms with Gasteiger partial charge in [-0.15, -0.1) is 0 Å². The monoisotopic (exact) mass is 509 g/mol. The maximum absolute atomic E-state index is 14.7. The summed E-state index contributed by atoms with van der Waals surface area (Å²) in [6, 6.07) is 1.90. The Morgan fingerprint density at radius 3 is 2.13 bits per heavy atom. The van der Waals surface area contributed by atoms with E-state index in [0.717, 1.165) is 0 Å². The van der Waals surface area contributed by atoms with Crippen LogP contribution in [-0.4, -0.2) is 73.7 Å². The zero-order valence-electron chi connectivity index (χ0n) is 16.2. The Bertz CT molecular complexity index is 761. The zero-order valence-corrected chi connectivity index (χ0v) is 19.6. The molecule has 0 amide bonds. The molecule has 3 heterocycles. The molecule has 0 saturated carbocycles. The van der Waals surface area contributed by atoms with Crippen LogP contribution in [-0.2, 0) is 55.7 Å². The van der Waals surface area contributed by atoms with Gasteiger partial charge in [0.25, 0.3) is 0 Å². The minimum Gasteiger partial charge on any atom is -0.367 e. The summed E-state index contributed by atoms with van der Waals surface area (Å²) >= 11 is 10.4. The predicted molar refractivity (Wildman–Crippen MR) is 107 cm³/mol. The second-order valence-corrected chi connectivity index (χ2v) is 12.8. The summed E-state index contributed by atoms with van der Waals surface area (Å²) in [5.41, 5.74) is 0. The largest absolute Gasteiger partial charge is 0.367 e. The summed E-state index contributed by atoms with van der Waals surface area (Å²) in [7, 11) is 0. The van der Waals surface area contributed by atoms with E-state index in [-0.39, 0.29) is 26.2 Å². The van der Waals surface area contributed by atoms with Crippen LogP contribution in [0.15, 0.2) is 0 Å². The predicted octanol–water partition coefficient (Wildman–Crippen LogP) is 2.43. The van der Waals surface area contributed by atoms with Gasteiger partial charge in [0.1, 0.15) is 24.4 Å². The van der Waals surface area contributed by atoms with Gasteiger partial charge in [-0.2, -0.15) is 5.26 Å². The first kappa shape index (κ1) is 25.0. The van der Waals surface area contributed by atoms with Crippen molar-refractivity contribution >= 4 is 37.1 Å². The van der Waals surface area contributed by atoms with E-state index in [1.807, 2.05) is 6.07 Å². The van der Waals surface area contributed by atoms with E-state index < -0.39 is 62.4 Å².